The topological polar surface area (TPSA) is 72.2 Å². The highest BCUT2D eigenvalue weighted by atomic mass is 16.1. The van der Waals surface area contributed by atoms with E-state index in [-0.39, 0.29) is 11.6 Å². The van der Waals surface area contributed by atoms with E-state index in [1.807, 2.05) is 52.8 Å². The minimum Gasteiger partial charge on any atom is -0.398 e. The Kier molecular flexibility index (Phi) is 12.3. The summed E-state index contributed by atoms with van der Waals surface area (Å²) in [7, 11) is 0. The minimum absolute atomic E-state index is 0.00935. The number of Topliss-reactive ketones (excluding diaryl/α,β-unsaturated/α-hetero) is 2. The highest BCUT2D eigenvalue weighted by Gasteiger charge is 2.11. The molecular formula is C22H32N2O2. The molecule has 2 rings (SSSR count). The van der Waals surface area contributed by atoms with Crippen LogP contribution in [0, 0.1) is 0 Å². The molecule has 0 atom stereocenters. The summed E-state index contributed by atoms with van der Waals surface area (Å²) >= 11 is 0. The van der Waals surface area contributed by atoms with Gasteiger partial charge in [0.15, 0.2) is 11.6 Å². The average molecular weight is 357 g/mol. The second-order valence-electron chi connectivity index (χ2n) is 5.01. The first-order valence-corrected chi connectivity index (χ1v) is 9.37. The van der Waals surface area contributed by atoms with Crippen LogP contribution in [-0.4, -0.2) is 18.1 Å². The van der Waals surface area contributed by atoms with Crippen LogP contribution < -0.4 is 11.1 Å². The van der Waals surface area contributed by atoms with Crippen molar-refractivity contribution in [3.8, 4) is 0 Å². The van der Waals surface area contributed by atoms with Crippen LogP contribution >= 0.6 is 0 Å². The molecule has 0 amide bonds. The molecule has 0 unspecified atom stereocenters. The van der Waals surface area contributed by atoms with Gasteiger partial charge in [0.1, 0.15) is 0 Å². The molecule has 0 radical (unpaired) electrons. The average Bonchev–Trinajstić information content (AvgIpc) is 2.71. The van der Waals surface area contributed by atoms with Gasteiger partial charge >= 0.3 is 0 Å². The number of para-hydroxylation sites is 2. The zero-order valence-electron chi connectivity index (χ0n) is 16.6. The summed E-state index contributed by atoms with van der Waals surface area (Å²) in [6.45, 7) is 10.3. The number of carbonyl (C=O) groups is 2. The van der Waals surface area contributed by atoms with Crippen molar-refractivity contribution in [2.75, 3.05) is 17.6 Å². The Morgan fingerprint density at radius 2 is 1.38 bits per heavy atom. The Labute approximate surface area is 157 Å². The number of hydrogen-bond donors (Lipinski definition) is 2. The lowest BCUT2D eigenvalue weighted by atomic mass is 10.1. The number of carbonyl (C=O) groups excluding carboxylic acids is 2. The van der Waals surface area contributed by atoms with E-state index in [2.05, 4.69) is 5.32 Å². The predicted molar refractivity (Wildman–Crippen MR) is 112 cm³/mol. The molecule has 0 spiro atoms. The standard InChI is InChI=1S/C18H20N2O2.2C2H6/c1-2-17(21)14-8-4-6-10-16(14)20-12-11-18(22)13-7-3-5-9-15(13)19;2*1-2/h3-10,20H,2,11-12,19H2,1H3;2*1-2H3. The Morgan fingerprint density at radius 3 is 1.96 bits per heavy atom. The predicted octanol–water partition coefficient (Wildman–Crippen LogP) is 5.60. The van der Waals surface area contributed by atoms with Crippen LogP contribution in [0.15, 0.2) is 48.5 Å². The van der Waals surface area contributed by atoms with Crippen LogP contribution in [0.5, 0.6) is 0 Å². The highest BCUT2D eigenvalue weighted by molar-refractivity contribution is 6.02. The monoisotopic (exact) mass is 356 g/mol. The van der Waals surface area contributed by atoms with Crippen molar-refractivity contribution < 1.29 is 9.59 Å². The van der Waals surface area contributed by atoms with E-state index < -0.39 is 0 Å². The highest BCUT2D eigenvalue weighted by Crippen LogP contribution is 2.18. The van der Waals surface area contributed by atoms with E-state index in [1.54, 1.807) is 30.3 Å². The van der Waals surface area contributed by atoms with Gasteiger partial charge in [0.2, 0.25) is 0 Å². The fourth-order valence-electron chi connectivity index (χ4n) is 2.27. The Morgan fingerprint density at radius 1 is 0.846 bits per heavy atom. The molecule has 3 N–H and O–H groups in total. The number of nitrogens with one attached hydrogen (secondary N) is 1. The van der Waals surface area contributed by atoms with Gasteiger partial charge in [0.25, 0.3) is 0 Å². The zero-order chi connectivity index (χ0) is 19.9. The molecule has 4 heteroatoms. The smallest absolute Gasteiger partial charge is 0.166 e. The van der Waals surface area contributed by atoms with E-state index in [9.17, 15) is 9.59 Å². The second kappa shape index (κ2) is 13.6. The molecule has 26 heavy (non-hydrogen) atoms. The first-order chi connectivity index (χ1) is 12.6. The van der Waals surface area contributed by atoms with Gasteiger partial charge in [-0.25, -0.2) is 0 Å². The summed E-state index contributed by atoms with van der Waals surface area (Å²) < 4.78 is 0. The van der Waals surface area contributed by atoms with Gasteiger partial charge in [-0.15, -0.1) is 0 Å². The van der Waals surface area contributed by atoms with Gasteiger partial charge < -0.3 is 11.1 Å². The van der Waals surface area contributed by atoms with Gasteiger partial charge in [-0.05, 0) is 24.3 Å². The Balaban J connectivity index is 0.00000146. The van der Waals surface area contributed by atoms with Crippen molar-refractivity contribution in [3.05, 3.63) is 59.7 Å². The molecular weight excluding hydrogens is 324 g/mol. The van der Waals surface area contributed by atoms with Crippen LogP contribution in [-0.2, 0) is 0 Å². The van der Waals surface area contributed by atoms with Crippen LogP contribution in [0.2, 0.25) is 0 Å². The van der Waals surface area contributed by atoms with Crippen molar-refractivity contribution in [1.82, 2.24) is 0 Å². The van der Waals surface area contributed by atoms with E-state index >= 15 is 0 Å². The molecule has 0 fully saturated rings. The molecule has 0 saturated heterocycles. The van der Waals surface area contributed by atoms with E-state index in [4.69, 9.17) is 5.73 Å². The summed E-state index contributed by atoms with van der Waals surface area (Å²) in [5.74, 6) is 0.0756. The van der Waals surface area contributed by atoms with Gasteiger partial charge in [-0.3, -0.25) is 9.59 Å². The zero-order valence-corrected chi connectivity index (χ0v) is 16.6. The SMILES string of the molecule is CC.CC.CCC(=O)c1ccccc1NCCC(=O)c1ccccc1N. The number of ketones is 2. The summed E-state index contributed by atoms with van der Waals surface area (Å²) in [6.07, 6.45) is 0.779. The van der Waals surface area contributed by atoms with Crippen molar-refractivity contribution in [2.45, 2.75) is 47.5 Å². The molecule has 2 aromatic rings. The summed E-state index contributed by atoms with van der Waals surface area (Å²) in [5, 5.41) is 3.17. The summed E-state index contributed by atoms with van der Waals surface area (Å²) in [4.78, 5) is 24.0. The molecule has 0 aliphatic heterocycles. The maximum Gasteiger partial charge on any atom is 0.166 e. The number of anilines is 2. The van der Waals surface area contributed by atoms with E-state index in [1.165, 1.54) is 0 Å². The second-order valence-corrected chi connectivity index (χ2v) is 5.01. The quantitative estimate of drug-likeness (QED) is 0.500. The van der Waals surface area contributed by atoms with Crippen molar-refractivity contribution in [1.29, 1.82) is 0 Å². The van der Waals surface area contributed by atoms with Crippen molar-refractivity contribution in [2.24, 2.45) is 0 Å². The Bertz CT molecular complexity index is 681. The number of rotatable bonds is 7. The largest absolute Gasteiger partial charge is 0.398 e. The summed E-state index contributed by atoms with van der Waals surface area (Å²) in [5.41, 5.74) is 8.27. The third-order valence-electron chi connectivity index (χ3n) is 3.48. The lowest BCUT2D eigenvalue weighted by Gasteiger charge is -2.11. The molecule has 0 heterocycles. The van der Waals surface area contributed by atoms with Crippen LogP contribution in [0.3, 0.4) is 0 Å². The van der Waals surface area contributed by atoms with Crippen LogP contribution in [0.4, 0.5) is 11.4 Å². The fourth-order valence-corrected chi connectivity index (χ4v) is 2.27. The number of benzene rings is 2. The van der Waals surface area contributed by atoms with Gasteiger partial charge in [-0.2, -0.15) is 0 Å². The van der Waals surface area contributed by atoms with Crippen LogP contribution in [0.1, 0.15) is 68.2 Å². The third-order valence-corrected chi connectivity index (χ3v) is 3.48. The molecule has 0 bridgehead atoms. The van der Waals surface area contributed by atoms with Gasteiger partial charge in [0.05, 0.1) is 0 Å². The maximum atomic E-state index is 12.1. The molecule has 0 aliphatic carbocycles. The van der Waals surface area contributed by atoms with E-state index in [0.717, 1.165) is 5.69 Å². The molecule has 0 aromatic heterocycles. The van der Waals surface area contributed by atoms with Gasteiger partial charge in [-0.1, -0.05) is 58.9 Å². The Hall–Kier alpha value is -2.62. The lowest BCUT2D eigenvalue weighted by Crippen LogP contribution is -2.12. The van der Waals surface area contributed by atoms with Crippen molar-refractivity contribution in [3.63, 3.8) is 0 Å². The lowest BCUT2D eigenvalue weighted by molar-refractivity contribution is 0.0982. The normalized spacial score (nSPS) is 9.12. The number of hydrogen-bond acceptors (Lipinski definition) is 4. The van der Waals surface area contributed by atoms with Crippen molar-refractivity contribution >= 4 is 22.9 Å². The number of nitrogens with two attached hydrogens (primary N) is 1. The molecule has 2 aromatic carbocycles. The summed E-state index contributed by atoms with van der Waals surface area (Å²) in [6, 6.07) is 14.4. The van der Waals surface area contributed by atoms with E-state index in [0.29, 0.717) is 36.2 Å². The maximum absolute atomic E-state index is 12.1. The molecule has 0 saturated carbocycles. The first kappa shape index (κ1) is 23.4. The van der Waals surface area contributed by atoms with Crippen LogP contribution in [0.25, 0.3) is 0 Å². The minimum atomic E-state index is -0.00935. The third kappa shape index (κ3) is 7.09. The van der Waals surface area contributed by atoms with Gasteiger partial charge in [0, 0.05) is 41.9 Å². The molecule has 0 aliphatic rings. The first-order valence-electron chi connectivity index (χ1n) is 9.37. The molecule has 4 nitrogen and oxygen atoms in total. The molecule has 142 valence electrons. The number of nitrogen functional groups attached to an aromatic ring is 1. The fraction of sp³-hybridized carbons (Fsp3) is 0.364.